The predicted molar refractivity (Wildman–Crippen MR) is 79.8 cm³/mol. The molecule has 17 heavy (non-hydrogen) atoms. The molecule has 0 aliphatic heterocycles. The number of thiophene rings is 1. The molecular weight excluding hydrogens is 294 g/mol. The third-order valence-electron chi connectivity index (χ3n) is 3.65. The van der Waals surface area contributed by atoms with Crippen LogP contribution < -0.4 is 5.32 Å². The molecule has 1 aliphatic carbocycles. The first-order valence-corrected chi connectivity index (χ1v) is 8.43. The standard InChI is InChI=1S/C14H22BrNS/c1-2-7-16-14-6-4-3-5-11(14)8-13-9-12(15)10-17-13/h9-11,14,16H,2-8H2,1H3. The van der Waals surface area contributed by atoms with Crippen LogP contribution in [-0.4, -0.2) is 12.6 Å². The van der Waals surface area contributed by atoms with Crippen LogP contribution in [0.1, 0.15) is 43.9 Å². The van der Waals surface area contributed by atoms with Gasteiger partial charge in [-0.25, -0.2) is 0 Å². The highest BCUT2D eigenvalue weighted by molar-refractivity contribution is 9.10. The van der Waals surface area contributed by atoms with Gasteiger partial charge in [-0.05, 0) is 60.1 Å². The van der Waals surface area contributed by atoms with Crippen molar-refractivity contribution < 1.29 is 0 Å². The molecule has 2 atom stereocenters. The van der Waals surface area contributed by atoms with Gasteiger partial charge in [-0.3, -0.25) is 0 Å². The molecule has 0 saturated heterocycles. The monoisotopic (exact) mass is 315 g/mol. The fraction of sp³-hybridized carbons (Fsp3) is 0.714. The van der Waals surface area contributed by atoms with Crippen molar-refractivity contribution >= 4 is 27.3 Å². The molecule has 1 fully saturated rings. The summed E-state index contributed by atoms with van der Waals surface area (Å²) in [5, 5.41) is 5.94. The summed E-state index contributed by atoms with van der Waals surface area (Å²) in [5.74, 6) is 0.848. The van der Waals surface area contributed by atoms with Gasteiger partial charge in [0.2, 0.25) is 0 Å². The molecule has 1 aliphatic rings. The Kier molecular flexibility index (Phi) is 5.51. The number of nitrogens with one attached hydrogen (secondary N) is 1. The van der Waals surface area contributed by atoms with E-state index in [-0.39, 0.29) is 0 Å². The highest BCUT2D eigenvalue weighted by Crippen LogP contribution is 2.30. The first-order valence-electron chi connectivity index (χ1n) is 6.76. The van der Waals surface area contributed by atoms with Crippen LogP contribution in [0.3, 0.4) is 0 Å². The zero-order valence-corrected chi connectivity index (χ0v) is 12.9. The lowest BCUT2D eigenvalue weighted by molar-refractivity contribution is 0.262. The van der Waals surface area contributed by atoms with Crippen LogP contribution in [0.5, 0.6) is 0 Å². The summed E-state index contributed by atoms with van der Waals surface area (Å²) in [5.41, 5.74) is 0. The third-order valence-corrected chi connectivity index (χ3v) is 5.37. The molecule has 2 unspecified atom stereocenters. The van der Waals surface area contributed by atoms with Gasteiger partial charge >= 0.3 is 0 Å². The Morgan fingerprint density at radius 3 is 2.94 bits per heavy atom. The molecule has 3 heteroatoms. The van der Waals surface area contributed by atoms with Gasteiger partial charge in [0, 0.05) is 20.8 Å². The maximum absolute atomic E-state index is 3.74. The van der Waals surface area contributed by atoms with E-state index >= 15 is 0 Å². The minimum Gasteiger partial charge on any atom is -0.314 e. The minimum atomic E-state index is 0.754. The lowest BCUT2D eigenvalue weighted by Gasteiger charge is -2.32. The van der Waals surface area contributed by atoms with Gasteiger partial charge in [0.05, 0.1) is 0 Å². The van der Waals surface area contributed by atoms with E-state index in [2.05, 4.69) is 39.6 Å². The normalized spacial score (nSPS) is 25.1. The minimum absolute atomic E-state index is 0.754. The molecule has 0 spiro atoms. The SMILES string of the molecule is CCCNC1CCCCC1Cc1cc(Br)cs1. The van der Waals surface area contributed by atoms with E-state index in [4.69, 9.17) is 0 Å². The van der Waals surface area contributed by atoms with Crippen molar-refractivity contribution in [2.45, 2.75) is 51.5 Å². The molecule has 1 aromatic rings. The van der Waals surface area contributed by atoms with Gasteiger partial charge in [-0.2, -0.15) is 0 Å². The van der Waals surface area contributed by atoms with Gasteiger partial charge in [0.25, 0.3) is 0 Å². The highest BCUT2D eigenvalue weighted by Gasteiger charge is 2.24. The molecule has 1 N–H and O–H groups in total. The molecule has 1 nitrogen and oxygen atoms in total. The molecule has 2 rings (SSSR count). The average Bonchev–Trinajstić information content (AvgIpc) is 2.74. The fourth-order valence-corrected chi connectivity index (χ4v) is 4.32. The van der Waals surface area contributed by atoms with E-state index in [9.17, 15) is 0 Å². The molecule has 96 valence electrons. The summed E-state index contributed by atoms with van der Waals surface area (Å²) in [6.45, 7) is 3.43. The maximum atomic E-state index is 3.74. The molecular formula is C14H22BrNS. The van der Waals surface area contributed by atoms with E-state index in [0.717, 1.165) is 12.0 Å². The second-order valence-electron chi connectivity index (χ2n) is 5.04. The molecule has 1 heterocycles. The van der Waals surface area contributed by atoms with Crippen LogP contribution in [0.25, 0.3) is 0 Å². The zero-order valence-electron chi connectivity index (χ0n) is 10.5. The molecule has 0 bridgehead atoms. The van der Waals surface area contributed by atoms with E-state index in [1.807, 2.05) is 11.3 Å². The molecule has 1 aromatic heterocycles. The van der Waals surface area contributed by atoms with Crippen molar-refractivity contribution in [1.82, 2.24) is 5.32 Å². The van der Waals surface area contributed by atoms with Crippen molar-refractivity contribution in [3.63, 3.8) is 0 Å². The predicted octanol–water partition coefficient (Wildman–Crippen LogP) is 4.61. The zero-order chi connectivity index (χ0) is 12.1. The number of rotatable bonds is 5. The largest absolute Gasteiger partial charge is 0.314 e. The highest BCUT2D eigenvalue weighted by atomic mass is 79.9. The summed E-state index contributed by atoms with van der Waals surface area (Å²) in [7, 11) is 0. The van der Waals surface area contributed by atoms with Crippen LogP contribution in [-0.2, 0) is 6.42 Å². The lowest BCUT2D eigenvalue weighted by Crippen LogP contribution is -2.39. The Morgan fingerprint density at radius 2 is 2.24 bits per heavy atom. The van der Waals surface area contributed by atoms with Crippen molar-refractivity contribution in [2.75, 3.05) is 6.54 Å². The summed E-state index contributed by atoms with van der Waals surface area (Å²) < 4.78 is 1.24. The second kappa shape index (κ2) is 6.91. The maximum Gasteiger partial charge on any atom is 0.0285 e. The fourth-order valence-electron chi connectivity index (χ4n) is 2.77. The summed E-state index contributed by atoms with van der Waals surface area (Å²) in [6, 6.07) is 3.04. The topological polar surface area (TPSA) is 12.0 Å². The Labute approximate surface area is 117 Å². The van der Waals surface area contributed by atoms with E-state index in [1.165, 1.54) is 54.4 Å². The smallest absolute Gasteiger partial charge is 0.0285 e. The Morgan fingerprint density at radius 1 is 1.41 bits per heavy atom. The average molecular weight is 316 g/mol. The first kappa shape index (κ1) is 13.6. The Hall–Kier alpha value is 0.140. The molecule has 1 saturated carbocycles. The Balaban J connectivity index is 1.91. The van der Waals surface area contributed by atoms with Crippen molar-refractivity contribution in [2.24, 2.45) is 5.92 Å². The first-order chi connectivity index (χ1) is 8.29. The third kappa shape index (κ3) is 4.08. The van der Waals surface area contributed by atoms with Gasteiger partial charge in [-0.1, -0.05) is 19.8 Å². The van der Waals surface area contributed by atoms with Gasteiger partial charge in [-0.15, -0.1) is 11.3 Å². The van der Waals surface area contributed by atoms with Crippen LogP contribution >= 0.6 is 27.3 Å². The van der Waals surface area contributed by atoms with Crippen LogP contribution in [0.15, 0.2) is 15.9 Å². The van der Waals surface area contributed by atoms with Crippen LogP contribution in [0.4, 0.5) is 0 Å². The quantitative estimate of drug-likeness (QED) is 0.836. The second-order valence-corrected chi connectivity index (χ2v) is 6.95. The van der Waals surface area contributed by atoms with Crippen molar-refractivity contribution in [3.8, 4) is 0 Å². The van der Waals surface area contributed by atoms with E-state index in [0.29, 0.717) is 0 Å². The molecule has 0 amide bonds. The molecule has 0 aromatic carbocycles. The molecule has 0 radical (unpaired) electrons. The summed E-state index contributed by atoms with van der Waals surface area (Å²) in [6.07, 6.45) is 8.10. The van der Waals surface area contributed by atoms with Gasteiger partial charge in [0.1, 0.15) is 0 Å². The van der Waals surface area contributed by atoms with Crippen molar-refractivity contribution in [3.05, 3.63) is 20.8 Å². The van der Waals surface area contributed by atoms with Gasteiger partial charge < -0.3 is 5.32 Å². The summed E-state index contributed by atoms with van der Waals surface area (Å²) in [4.78, 5) is 1.53. The number of halogens is 1. The number of hydrogen-bond acceptors (Lipinski definition) is 2. The van der Waals surface area contributed by atoms with Gasteiger partial charge in [0.15, 0.2) is 0 Å². The van der Waals surface area contributed by atoms with Crippen molar-refractivity contribution in [1.29, 1.82) is 0 Å². The Bertz CT molecular complexity index is 337. The lowest BCUT2D eigenvalue weighted by atomic mass is 9.82. The van der Waals surface area contributed by atoms with Crippen LogP contribution in [0, 0.1) is 5.92 Å². The van der Waals surface area contributed by atoms with E-state index in [1.54, 1.807) is 0 Å². The number of hydrogen-bond donors (Lipinski definition) is 1. The van der Waals surface area contributed by atoms with E-state index < -0.39 is 0 Å². The van der Waals surface area contributed by atoms with Crippen LogP contribution in [0.2, 0.25) is 0 Å². The summed E-state index contributed by atoms with van der Waals surface area (Å²) >= 11 is 5.44.